The zero-order chi connectivity index (χ0) is 16.6. The number of rotatable bonds is 4. The first-order valence-corrected chi connectivity index (χ1v) is 8.59. The van der Waals surface area contributed by atoms with Crippen LogP contribution in [-0.4, -0.2) is 29.7 Å². The SMILES string of the molecule is CCOC(=O)c1ncc2[nH]c3c(Br)cc(Br)cc3c2c1COC. The van der Waals surface area contributed by atoms with Gasteiger partial charge in [0.2, 0.25) is 0 Å². The Hall–Kier alpha value is -1.44. The summed E-state index contributed by atoms with van der Waals surface area (Å²) in [5.74, 6) is -0.440. The first-order chi connectivity index (χ1) is 11.1. The second-order valence-corrected chi connectivity index (χ2v) is 6.73. The fourth-order valence-electron chi connectivity index (χ4n) is 2.65. The van der Waals surface area contributed by atoms with Crippen molar-refractivity contribution in [3.63, 3.8) is 0 Å². The van der Waals surface area contributed by atoms with Gasteiger partial charge < -0.3 is 14.5 Å². The van der Waals surface area contributed by atoms with Gasteiger partial charge in [-0.15, -0.1) is 0 Å². The number of aromatic amines is 1. The van der Waals surface area contributed by atoms with Crippen LogP contribution in [0.2, 0.25) is 0 Å². The van der Waals surface area contributed by atoms with Crippen molar-refractivity contribution in [2.45, 2.75) is 13.5 Å². The minimum absolute atomic E-state index is 0.273. The van der Waals surface area contributed by atoms with E-state index in [4.69, 9.17) is 9.47 Å². The van der Waals surface area contributed by atoms with Crippen LogP contribution in [0.1, 0.15) is 23.0 Å². The number of ether oxygens (including phenoxy) is 2. The molecule has 0 unspecified atom stereocenters. The number of pyridine rings is 1. The Morgan fingerprint density at radius 2 is 2.13 bits per heavy atom. The van der Waals surface area contributed by atoms with Crippen molar-refractivity contribution < 1.29 is 14.3 Å². The Bertz CT molecular complexity index is 905. The Kier molecular flexibility index (Phi) is 4.70. The monoisotopic (exact) mass is 440 g/mol. The van der Waals surface area contributed by atoms with Gasteiger partial charge in [-0.3, -0.25) is 0 Å². The number of H-pyrrole nitrogens is 1. The second-order valence-electron chi connectivity index (χ2n) is 4.96. The van der Waals surface area contributed by atoms with Gasteiger partial charge in [-0.2, -0.15) is 0 Å². The number of esters is 1. The van der Waals surface area contributed by atoms with Crippen LogP contribution in [0.15, 0.2) is 27.3 Å². The lowest BCUT2D eigenvalue weighted by Crippen LogP contribution is -2.11. The third kappa shape index (κ3) is 2.88. The number of halogens is 2. The highest BCUT2D eigenvalue weighted by Crippen LogP contribution is 2.36. The van der Waals surface area contributed by atoms with Crippen LogP contribution in [0.25, 0.3) is 21.8 Å². The summed E-state index contributed by atoms with van der Waals surface area (Å²) in [7, 11) is 1.59. The van der Waals surface area contributed by atoms with Crippen molar-refractivity contribution in [2.24, 2.45) is 0 Å². The first-order valence-electron chi connectivity index (χ1n) is 7.01. The largest absolute Gasteiger partial charge is 0.461 e. The summed E-state index contributed by atoms with van der Waals surface area (Å²) in [6.45, 7) is 2.35. The molecular weight excluding hydrogens is 428 g/mol. The predicted molar refractivity (Wildman–Crippen MR) is 95.7 cm³/mol. The lowest BCUT2D eigenvalue weighted by atomic mass is 10.1. The number of benzene rings is 1. The quantitative estimate of drug-likeness (QED) is 0.602. The molecule has 2 aromatic heterocycles. The molecule has 0 aliphatic rings. The Balaban J connectivity index is 2.38. The van der Waals surface area contributed by atoms with Gasteiger partial charge in [-0.05, 0) is 35.0 Å². The molecule has 0 saturated heterocycles. The zero-order valence-electron chi connectivity index (χ0n) is 12.6. The summed E-state index contributed by atoms with van der Waals surface area (Å²) in [5, 5.41) is 1.91. The number of carbonyl (C=O) groups is 1. The van der Waals surface area contributed by atoms with E-state index in [9.17, 15) is 4.79 Å². The maximum Gasteiger partial charge on any atom is 0.357 e. The van der Waals surface area contributed by atoms with Crippen molar-refractivity contribution >= 4 is 59.6 Å². The molecule has 1 N–H and O–H groups in total. The van der Waals surface area contributed by atoms with E-state index < -0.39 is 5.97 Å². The molecule has 5 nitrogen and oxygen atoms in total. The molecule has 0 fully saturated rings. The molecule has 0 aliphatic heterocycles. The van der Waals surface area contributed by atoms with Gasteiger partial charge in [-0.1, -0.05) is 15.9 Å². The van der Waals surface area contributed by atoms with Crippen molar-refractivity contribution in [1.29, 1.82) is 0 Å². The molecule has 0 atom stereocenters. The van der Waals surface area contributed by atoms with Crippen LogP contribution in [0.5, 0.6) is 0 Å². The molecule has 3 aromatic rings. The number of nitrogens with one attached hydrogen (secondary N) is 1. The van der Waals surface area contributed by atoms with Crippen LogP contribution in [0.4, 0.5) is 0 Å². The molecule has 2 heterocycles. The molecule has 120 valence electrons. The fraction of sp³-hybridized carbons (Fsp3) is 0.250. The maximum atomic E-state index is 12.2. The van der Waals surface area contributed by atoms with E-state index >= 15 is 0 Å². The number of aromatic nitrogens is 2. The molecule has 1 aromatic carbocycles. The standard InChI is InChI=1S/C16H14Br2N2O3/c1-3-23-16(21)15-10(7-22-2)13-9-4-8(17)5-11(18)14(9)20-12(13)6-19-15/h4-6,20H,3,7H2,1-2H3. The van der Waals surface area contributed by atoms with E-state index in [1.165, 1.54) is 0 Å². The summed E-state index contributed by atoms with van der Waals surface area (Å²) in [4.78, 5) is 19.8. The summed E-state index contributed by atoms with van der Waals surface area (Å²) in [6, 6.07) is 3.97. The number of hydrogen-bond donors (Lipinski definition) is 1. The van der Waals surface area contributed by atoms with Gasteiger partial charge in [-0.25, -0.2) is 9.78 Å². The Morgan fingerprint density at radius 3 is 2.83 bits per heavy atom. The van der Waals surface area contributed by atoms with Crippen molar-refractivity contribution in [3.05, 3.63) is 38.5 Å². The summed E-state index contributed by atoms with van der Waals surface area (Å²) < 4.78 is 12.3. The van der Waals surface area contributed by atoms with E-state index in [0.29, 0.717) is 6.61 Å². The minimum atomic E-state index is -0.440. The summed E-state index contributed by atoms with van der Waals surface area (Å²) in [5.41, 5.74) is 2.81. The van der Waals surface area contributed by atoms with Crippen LogP contribution in [0, 0.1) is 0 Å². The average Bonchev–Trinajstić information content (AvgIpc) is 2.87. The van der Waals surface area contributed by atoms with Crippen molar-refractivity contribution in [3.8, 4) is 0 Å². The summed E-state index contributed by atoms with van der Waals surface area (Å²) in [6.07, 6.45) is 1.65. The molecule has 0 spiro atoms. The fourth-order valence-corrected chi connectivity index (χ4v) is 3.97. The number of carbonyl (C=O) groups excluding carboxylic acids is 1. The predicted octanol–water partition coefficient (Wildman–Crippen LogP) is 4.56. The number of methoxy groups -OCH3 is 1. The zero-order valence-corrected chi connectivity index (χ0v) is 15.7. The van der Waals surface area contributed by atoms with E-state index in [1.807, 2.05) is 12.1 Å². The molecule has 0 saturated carbocycles. The van der Waals surface area contributed by atoms with Gasteiger partial charge in [0.15, 0.2) is 5.69 Å². The van der Waals surface area contributed by atoms with Crippen molar-refractivity contribution in [1.82, 2.24) is 9.97 Å². The Labute approximate surface area is 149 Å². The molecule has 0 amide bonds. The van der Waals surface area contributed by atoms with Gasteiger partial charge in [0.05, 0.1) is 30.4 Å². The number of nitrogens with zero attached hydrogens (tertiary/aromatic N) is 1. The number of hydrogen-bond acceptors (Lipinski definition) is 4. The van der Waals surface area contributed by atoms with Gasteiger partial charge >= 0.3 is 5.97 Å². The smallest absolute Gasteiger partial charge is 0.357 e. The van der Waals surface area contributed by atoms with Crippen LogP contribution in [0.3, 0.4) is 0 Å². The van der Waals surface area contributed by atoms with Crippen molar-refractivity contribution in [2.75, 3.05) is 13.7 Å². The normalized spacial score (nSPS) is 11.3. The molecular formula is C16H14Br2N2O3. The topological polar surface area (TPSA) is 64.2 Å². The third-order valence-electron chi connectivity index (χ3n) is 3.52. The third-order valence-corrected chi connectivity index (χ3v) is 4.60. The van der Waals surface area contributed by atoms with E-state index in [1.54, 1.807) is 20.2 Å². The highest BCUT2D eigenvalue weighted by Gasteiger charge is 2.21. The lowest BCUT2D eigenvalue weighted by molar-refractivity contribution is 0.0514. The minimum Gasteiger partial charge on any atom is -0.461 e. The van der Waals surface area contributed by atoms with E-state index in [0.717, 1.165) is 36.3 Å². The average molecular weight is 442 g/mol. The lowest BCUT2D eigenvalue weighted by Gasteiger charge is -2.09. The van der Waals surface area contributed by atoms with E-state index in [2.05, 4.69) is 41.8 Å². The highest BCUT2D eigenvalue weighted by atomic mass is 79.9. The molecule has 0 bridgehead atoms. The maximum absolute atomic E-state index is 12.2. The van der Waals surface area contributed by atoms with Gasteiger partial charge in [0.25, 0.3) is 0 Å². The highest BCUT2D eigenvalue weighted by molar-refractivity contribution is 9.11. The van der Waals surface area contributed by atoms with Crippen LogP contribution >= 0.6 is 31.9 Å². The van der Waals surface area contributed by atoms with Gasteiger partial charge in [0, 0.05) is 32.4 Å². The number of fused-ring (bicyclic) bond motifs is 3. The van der Waals surface area contributed by atoms with Gasteiger partial charge in [0.1, 0.15) is 0 Å². The van der Waals surface area contributed by atoms with E-state index in [-0.39, 0.29) is 12.3 Å². The molecule has 0 aliphatic carbocycles. The summed E-state index contributed by atoms with van der Waals surface area (Å²) >= 11 is 7.06. The van der Waals surface area contributed by atoms with Crippen LogP contribution < -0.4 is 0 Å². The molecule has 23 heavy (non-hydrogen) atoms. The first kappa shape index (κ1) is 16.4. The second kappa shape index (κ2) is 6.59. The van der Waals surface area contributed by atoms with Crippen LogP contribution in [-0.2, 0) is 16.1 Å². The Morgan fingerprint density at radius 1 is 1.35 bits per heavy atom. The molecule has 0 radical (unpaired) electrons. The molecule has 7 heteroatoms. The molecule has 3 rings (SSSR count).